The number of epoxide rings is 1. The predicted molar refractivity (Wildman–Crippen MR) is 200 cm³/mol. The van der Waals surface area contributed by atoms with E-state index in [1.54, 1.807) is 40.7 Å². The van der Waals surface area contributed by atoms with E-state index in [0.717, 1.165) is 21.0 Å². The Balaban J connectivity index is 1.87. The Hall–Kier alpha value is -4.77. The first kappa shape index (κ1) is 45.3. The minimum atomic E-state index is -1.85. The molecule has 2 aliphatic heterocycles. The third-order valence-corrected chi connectivity index (χ3v) is 13.3. The summed E-state index contributed by atoms with van der Waals surface area (Å²) >= 11 is 0. The van der Waals surface area contributed by atoms with Crippen LogP contribution in [0.25, 0.3) is 0 Å². The maximum absolute atomic E-state index is 14.1. The molecule has 0 aromatic carbocycles. The summed E-state index contributed by atoms with van der Waals surface area (Å²) in [7, 11) is 1.14. The number of ether oxygens (including phenoxy) is 8. The molecule has 0 amide bonds. The number of esters is 6. The van der Waals surface area contributed by atoms with Crippen LogP contribution in [0.5, 0.6) is 0 Å². The average molecular weight is 833 g/mol. The fourth-order valence-electron chi connectivity index (χ4n) is 10.2. The first-order chi connectivity index (χ1) is 27.6. The number of aliphatic hydroxyl groups is 1. The standard InChI is InChI=1S/C42H56O17/c1-12-21(4)37(49)56-34-31(25-13-14-52-17-25)41(10)35(57-38(50)32(48)20(2)3)33(54-19-43)30(22(5)42(41)36(34)59-42)40(9)26(15-28(46)51-11)39(8,18-53-23(6)44)58-29(47)16-27(40)55-24(7)45/h13-14,17,19-21,26-27,30-36,48H,5,12,15-16,18H2,1-4,6-11H3/t21-,26?,27-,30+,31+,32+,33+,34+,35-,36+,39+,40+,41+,42+/m0/s1. The molecule has 0 bridgehead atoms. The SMILES string of the molecule is C=C1[C@@H]([C@]2(C)C(CC(=O)OC)[C@@](C)(COC(C)=O)OC(=O)C[C@@H]2OC(C)=O)[C@@H](OC=O)[C@H](OC(=O)[C@H](O)C(C)C)[C@@]2(C)[C@H](c3ccoc3)[C@@H](OC(=O)[C@@H](C)CC)[C@H]3O[C@]132. The van der Waals surface area contributed by atoms with Crippen LogP contribution in [0, 0.1) is 34.5 Å². The van der Waals surface area contributed by atoms with Crippen LogP contribution in [0.1, 0.15) is 93.1 Å². The highest BCUT2D eigenvalue weighted by atomic mass is 16.7. The van der Waals surface area contributed by atoms with Gasteiger partial charge in [0.05, 0.1) is 43.8 Å². The van der Waals surface area contributed by atoms with Crippen LogP contribution in [0.15, 0.2) is 35.2 Å². The van der Waals surface area contributed by atoms with Crippen molar-refractivity contribution in [1.82, 2.24) is 0 Å². The van der Waals surface area contributed by atoms with Gasteiger partial charge in [-0.3, -0.25) is 28.8 Å². The molecule has 59 heavy (non-hydrogen) atoms. The highest BCUT2D eigenvalue weighted by Gasteiger charge is 2.88. The number of hydrogen-bond acceptors (Lipinski definition) is 17. The first-order valence-electron chi connectivity index (χ1n) is 19.8. The second-order valence-corrected chi connectivity index (χ2v) is 17.1. The van der Waals surface area contributed by atoms with Crippen molar-refractivity contribution >= 4 is 42.3 Å². The van der Waals surface area contributed by atoms with E-state index < -0.39 is 144 Å². The number of hydrogen-bond donors (Lipinski definition) is 1. The molecule has 1 aromatic rings. The molecule has 3 heterocycles. The summed E-state index contributed by atoms with van der Waals surface area (Å²) < 4.78 is 53.4. The second-order valence-electron chi connectivity index (χ2n) is 17.1. The minimum absolute atomic E-state index is 0.134. The van der Waals surface area contributed by atoms with Crippen LogP contribution in [-0.2, 0) is 71.5 Å². The van der Waals surface area contributed by atoms with E-state index in [-0.39, 0.29) is 12.0 Å². The third-order valence-electron chi connectivity index (χ3n) is 13.3. The lowest BCUT2D eigenvalue weighted by Crippen LogP contribution is -2.68. The van der Waals surface area contributed by atoms with E-state index in [1.807, 2.05) is 6.92 Å². The van der Waals surface area contributed by atoms with Crippen LogP contribution < -0.4 is 0 Å². The topological polar surface area (TPSA) is 230 Å². The molecular weight excluding hydrogens is 776 g/mol. The molecule has 2 saturated carbocycles. The van der Waals surface area contributed by atoms with Crippen LogP contribution in [0.3, 0.4) is 0 Å². The molecule has 2 aliphatic carbocycles. The molecule has 1 aromatic heterocycles. The van der Waals surface area contributed by atoms with Gasteiger partial charge in [0.25, 0.3) is 6.47 Å². The summed E-state index contributed by atoms with van der Waals surface area (Å²) in [5, 5.41) is 11.1. The lowest BCUT2D eigenvalue weighted by molar-refractivity contribution is -0.228. The fraction of sp³-hybridized carbons (Fsp3) is 0.690. The van der Waals surface area contributed by atoms with Crippen molar-refractivity contribution in [2.24, 2.45) is 34.5 Å². The van der Waals surface area contributed by atoms with Gasteiger partial charge < -0.3 is 47.4 Å². The van der Waals surface area contributed by atoms with Crippen molar-refractivity contribution in [3.8, 4) is 0 Å². The van der Waals surface area contributed by atoms with Gasteiger partial charge in [-0.25, -0.2) is 4.79 Å². The number of rotatable bonds is 15. The van der Waals surface area contributed by atoms with Gasteiger partial charge in [0, 0.05) is 37.0 Å². The van der Waals surface area contributed by atoms with E-state index in [1.165, 1.54) is 19.5 Å². The maximum Gasteiger partial charge on any atom is 0.335 e. The van der Waals surface area contributed by atoms with Gasteiger partial charge in [-0.1, -0.05) is 48.1 Å². The third kappa shape index (κ3) is 7.53. The quantitative estimate of drug-likeness (QED) is 0.0876. The Bertz CT molecular complexity index is 1820. The fourth-order valence-corrected chi connectivity index (χ4v) is 10.2. The summed E-state index contributed by atoms with van der Waals surface area (Å²) in [6.07, 6.45) is -6.15. The first-order valence-corrected chi connectivity index (χ1v) is 19.8. The average Bonchev–Trinajstić information content (AvgIpc) is 3.64. The van der Waals surface area contributed by atoms with Crippen molar-refractivity contribution < 1.29 is 81.0 Å². The highest BCUT2D eigenvalue weighted by molar-refractivity contribution is 5.76. The van der Waals surface area contributed by atoms with Crippen LogP contribution >= 0.6 is 0 Å². The number of carbonyl (C=O) groups is 7. The molecule has 1 N–H and O–H groups in total. The Morgan fingerprint density at radius 2 is 1.68 bits per heavy atom. The monoisotopic (exact) mass is 832 g/mol. The highest BCUT2D eigenvalue weighted by Crippen LogP contribution is 2.77. The van der Waals surface area contributed by atoms with E-state index in [2.05, 4.69) is 6.58 Å². The summed E-state index contributed by atoms with van der Waals surface area (Å²) in [5.74, 6) is -9.56. The van der Waals surface area contributed by atoms with Crippen molar-refractivity contribution in [3.05, 3.63) is 36.3 Å². The smallest absolute Gasteiger partial charge is 0.335 e. The Morgan fingerprint density at radius 3 is 2.22 bits per heavy atom. The Morgan fingerprint density at radius 1 is 1.00 bits per heavy atom. The number of aliphatic hydroxyl groups excluding tert-OH is 1. The van der Waals surface area contributed by atoms with Gasteiger partial charge in [-0.15, -0.1) is 0 Å². The van der Waals surface area contributed by atoms with E-state index in [0.29, 0.717) is 12.0 Å². The molecule has 1 spiro atoms. The predicted octanol–water partition coefficient (Wildman–Crippen LogP) is 3.52. The summed E-state index contributed by atoms with van der Waals surface area (Å²) in [6, 6.07) is 1.66. The molecule has 2 saturated heterocycles. The maximum atomic E-state index is 14.1. The molecule has 17 heteroatoms. The number of furan rings is 1. The summed E-state index contributed by atoms with van der Waals surface area (Å²) in [4.78, 5) is 93.0. The van der Waals surface area contributed by atoms with Crippen LogP contribution in [0.2, 0.25) is 0 Å². The van der Waals surface area contributed by atoms with E-state index in [9.17, 15) is 38.7 Å². The largest absolute Gasteiger partial charge is 0.472 e. The molecule has 326 valence electrons. The normalized spacial score (nSPS) is 37.0. The van der Waals surface area contributed by atoms with Crippen LogP contribution in [0.4, 0.5) is 0 Å². The van der Waals surface area contributed by atoms with E-state index >= 15 is 0 Å². The van der Waals surface area contributed by atoms with Crippen LogP contribution in [-0.4, -0.2) is 109 Å². The summed E-state index contributed by atoms with van der Waals surface area (Å²) in [5.41, 5.74) is -6.05. The molecule has 4 aliphatic rings. The zero-order valence-corrected chi connectivity index (χ0v) is 35.2. The Labute approximate surface area is 342 Å². The van der Waals surface area contributed by atoms with Gasteiger partial charge in [0.1, 0.15) is 48.3 Å². The lowest BCUT2D eigenvalue weighted by atomic mass is 9.47. The number of methoxy groups -OCH3 is 1. The van der Waals surface area contributed by atoms with Crippen molar-refractivity contribution in [1.29, 1.82) is 0 Å². The van der Waals surface area contributed by atoms with E-state index in [4.69, 9.17) is 42.3 Å². The lowest BCUT2D eigenvalue weighted by Gasteiger charge is -2.59. The molecule has 14 atom stereocenters. The molecule has 0 radical (unpaired) electrons. The van der Waals surface area contributed by atoms with Gasteiger partial charge in [-0.05, 0) is 36.5 Å². The second kappa shape index (κ2) is 16.7. The van der Waals surface area contributed by atoms with Gasteiger partial charge >= 0.3 is 35.8 Å². The van der Waals surface area contributed by atoms with Gasteiger partial charge in [-0.2, -0.15) is 0 Å². The van der Waals surface area contributed by atoms with Gasteiger partial charge in [0.15, 0.2) is 6.10 Å². The minimum Gasteiger partial charge on any atom is -0.472 e. The zero-order valence-electron chi connectivity index (χ0n) is 35.2. The van der Waals surface area contributed by atoms with Crippen molar-refractivity contribution in [3.63, 3.8) is 0 Å². The molecule has 4 fully saturated rings. The number of carbonyl (C=O) groups excluding carboxylic acids is 7. The molecule has 17 nitrogen and oxygen atoms in total. The Kier molecular flexibility index (Phi) is 12.8. The molecule has 1 unspecified atom stereocenters. The zero-order chi connectivity index (χ0) is 44.0. The molecule has 5 rings (SSSR count). The van der Waals surface area contributed by atoms with Crippen molar-refractivity contribution in [2.45, 2.75) is 135 Å². The van der Waals surface area contributed by atoms with Crippen molar-refractivity contribution in [2.75, 3.05) is 13.7 Å². The number of cyclic esters (lactones) is 1. The summed E-state index contributed by atoms with van der Waals surface area (Å²) in [6.45, 7) is 17.9. The van der Waals surface area contributed by atoms with Gasteiger partial charge in [0.2, 0.25) is 0 Å². The molecular formula is C42H56O17.